The molecular formula is C15H20N2OS. The zero-order valence-electron chi connectivity index (χ0n) is 11.6. The molecule has 1 unspecified atom stereocenters. The maximum Gasteiger partial charge on any atom is 0.250 e. The molecule has 0 amide bonds. The van der Waals surface area contributed by atoms with Crippen molar-refractivity contribution in [3.63, 3.8) is 0 Å². The standard InChI is InChI=1S/C15H20N2OS/c1-11-10-14(13(3)19-11)12(2)16-7-9-17-8-5-4-6-15(17)18/h4-6,8,10,12,16H,7,9H2,1-3H3. The first-order valence-corrected chi connectivity index (χ1v) is 7.35. The molecule has 0 saturated carbocycles. The van der Waals surface area contributed by atoms with Gasteiger partial charge < -0.3 is 9.88 Å². The molecule has 1 N–H and O–H groups in total. The molecule has 2 rings (SSSR count). The molecule has 2 aromatic rings. The van der Waals surface area contributed by atoms with Crippen molar-refractivity contribution in [3.05, 3.63) is 56.1 Å². The second-order valence-corrected chi connectivity index (χ2v) is 6.24. The van der Waals surface area contributed by atoms with Crippen LogP contribution in [0.4, 0.5) is 0 Å². The predicted octanol–water partition coefficient (Wildman–Crippen LogP) is 2.88. The van der Waals surface area contributed by atoms with Crippen LogP contribution in [0.25, 0.3) is 0 Å². The average molecular weight is 276 g/mol. The number of thiophene rings is 1. The Morgan fingerprint density at radius 1 is 1.37 bits per heavy atom. The number of hydrogen-bond acceptors (Lipinski definition) is 3. The third kappa shape index (κ3) is 3.55. The molecular weight excluding hydrogens is 256 g/mol. The highest BCUT2D eigenvalue weighted by molar-refractivity contribution is 7.12. The van der Waals surface area contributed by atoms with E-state index in [2.05, 4.69) is 32.2 Å². The number of rotatable bonds is 5. The first-order chi connectivity index (χ1) is 9.08. The largest absolute Gasteiger partial charge is 0.314 e. The van der Waals surface area contributed by atoms with E-state index < -0.39 is 0 Å². The number of pyridine rings is 1. The van der Waals surface area contributed by atoms with Crippen molar-refractivity contribution >= 4 is 11.3 Å². The summed E-state index contributed by atoms with van der Waals surface area (Å²) in [5.74, 6) is 0. The lowest BCUT2D eigenvalue weighted by molar-refractivity contribution is 0.524. The van der Waals surface area contributed by atoms with E-state index in [1.165, 1.54) is 15.3 Å². The molecule has 4 heteroatoms. The van der Waals surface area contributed by atoms with Crippen LogP contribution in [0.5, 0.6) is 0 Å². The van der Waals surface area contributed by atoms with E-state index >= 15 is 0 Å². The minimum atomic E-state index is 0.0551. The zero-order chi connectivity index (χ0) is 13.8. The topological polar surface area (TPSA) is 34.0 Å². The van der Waals surface area contributed by atoms with Crippen molar-refractivity contribution in [3.8, 4) is 0 Å². The van der Waals surface area contributed by atoms with E-state index in [4.69, 9.17) is 0 Å². The fraction of sp³-hybridized carbons (Fsp3) is 0.400. The molecule has 0 aromatic carbocycles. The Labute approximate surface area is 117 Å². The van der Waals surface area contributed by atoms with Crippen LogP contribution in [0.3, 0.4) is 0 Å². The maximum absolute atomic E-state index is 11.6. The first-order valence-electron chi connectivity index (χ1n) is 6.53. The normalized spacial score (nSPS) is 12.6. The average Bonchev–Trinajstić information content (AvgIpc) is 2.71. The third-order valence-corrected chi connectivity index (χ3v) is 4.23. The lowest BCUT2D eigenvalue weighted by Gasteiger charge is -2.14. The molecule has 0 fully saturated rings. The molecule has 0 aliphatic carbocycles. The fourth-order valence-corrected chi connectivity index (χ4v) is 3.26. The lowest BCUT2D eigenvalue weighted by Crippen LogP contribution is -2.27. The quantitative estimate of drug-likeness (QED) is 0.911. The van der Waals surface area contributed by atoms with Gasteiger partial charge in [0.15, 0.2) is 0 Å². The minimum absolute atomic E-state index is 0.0551. The molecule has 3 nitrogen and oxygen atoms in total. The minimum Gasteiger partial charge on any atom is -0.314 e. The maximum atomic E-state index is 11.6. The summed E-state index contributed by atoms with van der Waals surface area (Å²) in [5, 5.41) is 3.48. The van der Waals surface area contributed by atoms with E-state index in [0.717, 1.165) is 6.54 Å². The van der Waals surface area contributed by atoms with Crippen molar-refractivity contribution in [2.45, 2.75) is 33.4 Å². The van der Waals surface area contributed by atoms with Crippen LogP contribution in [-0.2, 0) is 6.54 Å². The molecule has 0 saturated heterocycles. The lowest BCUT2D eigenvalue weighted by atomic mass is 10.1. The first kappa shape index (κ1) is 14.0. The van der Waals surface area contributed by atoms with Gasteiger partial charge in [-0.25, -0.2) is 0 Å². The highest BCUT2D eigenvalue weighted by Crippen LogP contribution is 2.25. The van der Waals surface area contributed by atoms with Crippen LogP contribution in [0.2, 0.25) is 0 Å². The summed E-state index contributed by atoms with van der Waals surface area (Å²) in [6, 6.07) is 7.82. The number of aryl methyl sites for hydroxylation is 2. The van der Waals surface area contributed by atoms with Crippen LogP contribution >= 0.6 is 11.3 Å². The number of aromatic nitrogens is 1. The van der Waals surface area contributed by atoms with Gasteiger partial charge >= 0.3 is 0 Å². The van der Waals surface area contributed by atoms with Crippen molar-refractivity contribution in [1.82, 2.24) is 9.88 Å². The van der Waals surface area contributed by atoms with Crippen molar-refractivity contribution in [1.29, 1.82) is 0 Å². The molecule has 102 valence electrons. The summed E-state index contributed by atoms with van der Waals surface area (Å²) in [7, 11) is 0. The molecule has 0 radical (unpaired) electrons. The van der Waals surface area contributed by atoms with Crippen molar-refractivity contribution in [2.75, 3.05) is 6.54 Å². The second-order valence-electron chi connectivity index (χ2n) is 4.78. The SMILES string of the molecule is Cc1cc(C(C)NCCn2ccccc2=O)c(C)s1. The van der Waals surface area contributed by atoms with E-state index in [0.29, 0.717) is 12.6 Å². The van der Waals surface area contributed by atoms with Gasteiger partial charge in [0.2, 0.25) is 0 Å². The third-order valence-electron chi connectivity index (χ3n) is 3.25. The molecule has 19 heavy (non-hydrogen) atoms. The van der Waals surface area contributed by atoms with Crippen LogP contribution in [0.15, 0.2) is 35.3 Å². The van der Waals surface area contributed by atoms with E-state index in [9.17, 15) is 4.79 Å². The number of hydrogen-bond donors (Lipinski definition) is 1. The Morgan fingerprint density at radius 2 is 2.16 bits per heavy atom. The van der Waals surface area contributed by atoms with Gasteiger partial charge in [0.1, 0.15) is 0 Å². The summed E-state index contributed by atoms with van der Waals surface area (Å²) < 4.78 is 1.73. The summed E-state index contributed by atoms with van der Waals surface area (Å²) >= 11 is 1.83. The fourth-order valence-electron chi connectivity index (χ4n) is 2.24. The predicted molar refractivity (Wildman–Crippen MR) is 80.9 cm³/mol. The molecule has 0 aliphatic heterocycles. The summed E-state index contributed by atoms with van der Waals surface area (Å²) in [5.41, 5.74) is 1.42. The molecule has 0 spiro atoms. The van der Waals surface area contributed by atoms with Gasteiger partial charge in [0, 0.05) is 41.1 Å². The Bertz CT molecular complexity index is 600. The van der Waals surface area contributed by atoms with Gasteiger partial charge in [-0.2, -0.15) is 0 Å². The molecule has 0 bridgehead atoms. The molecule has 0 aliphatic rings. The van der Waals surface area contributed by atoms with Crippen molar-refractivity contribution in [2.24, 2.45) is 0 Å². The van der Waals surface area contributed by atoms with E-state index in [-0.39, 0.29) is 5.56 Å². The zero-order valence-corrected chi connectivity index (χ0v) is 12.5. The summed E-state index contributed by atoms with van der Waals surface area (Å²) in [4.78, 5) is 14.3. The van der Waals surface area contributed by atoms with Crippen LogP contribution in [-0.4, -0.2) is 11.1 Å². The van der Waals surface area contributed by atoms with E-state index in [1.54, 1.807) is 16.7 Å². The Kier molecular flexibility index (Phi) is 4.56. The van der Waals surface area contributed by atoms with E-state index in [1.807, 2.05) is 23.6 Å². The Balaban J connectivity index is 1.91. The molecule has 2 aromatic heterocycles. The summed E-state index contributed by atoms with van der Waals surface area (Å²) in [6.07, 6.45) is 1.83. The Hall–Kier alpha value is -1.39. The van der Waals surface area contributed by atoms with Crippen molar-refractivity contribution < 1.29 is 0 Å². The van der Waals surface area contributed by atoms with Gasteiger partial charge in [-0.15, -0.1) is 11.3 Å². The highest BCUT2D eigenvalue weighted by atomic mass is 32.1. The highest BCUT2D eigenvalue weighted by Gasteiger charge is 2.10. The van der Waals surface area contributed by atoms with Gasteiger partial charge in [-0.3, -0.25) is 4.79 Å². The second kappa shape index (κ2) is 6.17. The number of nitrogens with one attached hydrogen (secondary N) is 1. The monoisotopic (exact) mass is 276 g/mol. The van der Waals surface area contributed by atoms with Gasteiger partial charge in [-0.1, -0.05) is 6.07 Å². The summed E-state index contributed by atoms with van der Waals surface area (Å²) in [6.45, 7) is 7.96. The van der Waals surface area contributed by atoms with Crippen LogP contribution in [0.1, 0.15) is 28.3 Å². The smallest absolute Gasteiger partial charge is 0.250 e. The van der Waals surface area contributed by atoms with Gasteiger partial charge in [0.25, 0.3) is 5.56 Å². The van der Waals surface area contributed by atoms with Crippen LogP contribution < -0.4 is 10.9 Å². The van der Waals surface area contributed by atoms with Gasteiger partial charge in [-0.05, 0) is 38.5 Å². The number of nitrogens with zero attached hydrogens (tertiary/aromatic N) is 1. The molecule has 1 atom stereocenters. The van der Waals surface area contributed by atoms with Crippen LogP contribution in [0, 0.1) is 13.8 Å². The van der Waals surface area contributed by atoms with Gasteiger partial charge in [0.05, 0.1) is 0 Å². The Morgan fingerprint density at radius 3 is 2.79 bits per heavy atom. The molecule has 2 heterocycles.